The number of alkyl carbamates (subject to hydrolysis) is 1. The summed E-state index contributed by atoms with van der Waals surface area (Å²) in [4.78, 5) is 25.8. The molecule has 1 N–H and O–H groups in total. The third-order valence-electron chi connectivity index (χ3n) is 3.84. The first-order chi connectivity index (χ1) is 11.8. The standard InChI is InChI=1S/C19H26N2O4/c1-5-15-11-21(18(23)25-19(2,3)4)12-16(15)20-17(22)24-13-14-9-7-6-8-10-14/h5-10,15-16H,1,11-13H2,2-4H3,(H,20,22)/t15-,16+/m0/s1. The quantitative estimate of drug-likeness (QED) is 0.849. The number of carbonyl (C=O) groups excluding carboxylic acids is 2. The second kappa shape index (κ2) is 8.05. The van der Waals surface area contributed by atoms with E-state index in [1.807, 2.05) is 51.1 Å². The molecule has 2 amide bonds. The molecular formula is C19H26N2O4. The van der Waals surface area contributed by atoms with Gasteiger partial charge in [-0.25, -0.2) is 9.59 Å². The number of rotatable bonds is 4. The molecule has 1 aliphatic heterocycles. The largest absolute Gasteiger partial charge is 0.445 e. The fourth-order valence-electron chi connectivity index (χ4n) is 2.61. The van der Waals surface area contributed by atoms with E-state index in [2.05, 4.69) is 11.9 Å². The van der Waals surface area contributed by atoms with Crippen LogP contribution >= 0.6 is 0 Å². The lowest BCUT2D eigenvalue weighted by Gasteiger charge is -2.24. The highest BCUT2D eigenvalue weighted by molar-refractivity contribution is 5.70. The van der Waals surface area contributed by atoms with Crippen LogP contribution in [0.1, 0.15) is 26.3 Å². The zero-order valence-electron chi connectivity index (χ0n) is 15.0. The van der Waals surface area contributed by atoms with Crippen LogP contribution in [-0.4, -0.2) is 41.8 Å². The summed E-state index contributed by atoms with van der Waals surface area (Å²) in [7, 11) is 0. The molecule has 0 spiro atoms. The van der Waals surface area contributed by atoms with Crippen LogP contribution in [0.5, 0.6) is 0 Å². The number of amides is 2. The predicted molar refractivity (Wildman–Crippen MR) is 95.0 cm³/mol. The molecule has 6 heteroatoms. The van der Waals surface area contributed by atoms with Crippen molar-refractivity contribution in [1.82, 2.24) is 10.2 Å². The minimum atomic E-state index is -0.555. The summed E-state index contributed by atoms with van der Waals surface area (Å²) in [5.41, 5.74) is 0.362. The van der Waals surface area contributed by atoms with Gasteiger partial charge >= 0.3 is 12.2 Å². The van der Waals surface area contributed by atoms with Crippen molar-refractivity contribution >= 4 is 12.2 Å². The molecule has 2 atom stereocenters. The maximum Gasteiger partial charge on any atom is 0.410 e. The molecule has 1 aliphatic rings. The van der Waals surface area contributed by atoms with Gasteiger partial charge in [0.15, 0.2) is 0 Å². The van der Waals surface area contributed by atoms with Gasteiger partial charge in [0.1, 0.15) is 12.2 Å². The first-order valence-corrected chi connectivity index (χ1v) is 8.36. The number of hydrogen-bond acceptors (Lipinski definition) is 4. The molecular weight excluding hydrogens is 320 g/mol. The Bertz CT molecular complexity index is 610. The van der Waals surface area contributed by atoms with Crippen molar-refractivity contribution in [1.29, 1.82) is 0 Å². The monoisotopic (exact) mass is 346 g/mol. The van der Waals surface area contributed by atoms with Crippen molar-refractivity contribution < 1.29 is 19.1 Å². The Kier molecular flexibility index (Phi) is 6.07. The van der Waals surface area contributed by atoms with E-state index in [1.165, 1.54) is 0 Å². The highest BCUT2D eigenvalue weighted by Crippen LogP contribution is 2.21. The van der Waals surface area contributed by atoms with Crippen LogP contribution in [0.15, 0.2) is 43.0 Å². The van der Waals surface area contributed by atoms with Crippen molar-refractivity contribution in [3.63, 3.8) is 0 Å². The average Bonchev–Trinajstić information content (AvgIpc) is 2.95. The van der Waals surface area contributed by atoms with Gasteiger partial charge in [0, 0.05) is 19.0 Å². The van der Waals surface area contributed by atoms with Crippen molar-refractivity contribution in [2.75, 3.05) is 13.1 Å². The van der Waals surface area contributed by atoms with E-state index >= 15 is 0 Å². The van der Waals surface area contributed by atoms with Gasteiger partial charge in [-0.1, -0.05) is 36.4 Å². The maximum absolute atomic E-state index is 12.2. The molecule has 0 saturated carbocycles. The van der Waals surface area contributed by atoms with E-state index < -0.39 is 11.7 Å². The zero-order valence-corrected chi connectivity index (χ0v) is 15.0. The minimum absolute atomic E-state index is 0.0446. The molecule has 1 aromatic rings. The molecule has 2 rings (SSSR count). The molecule has 0 aromatic heterocycles. The summed E-state index contributed by atoms with van der Waals surface area (Å²) in [6.07, 6.45) is 0.847. The van der Waals surface area contributed by atoms with Crippen LogP contribution in [0, 0.1) is 5.92 Å². The number of nitrogens with zero attached hydrogens (tertiary/aromatic N) is 1. The van der Waals surface area contributed by atoms with Crippen molar-refractivity contribution in [2.24, 2.45) is 5.92 Å². The molecule has 25 heavy (non-hydrogen) atoms. The summed E-state index contributed by atoms with van der Waals surface area (Å²) in [5.74, 6) is -0.0446. The van der Waals surface area contributed by atoms with Crippen molar-refractivity contribution in [3.05, 3.63) is 48.6 Å². The van der Waals surface area contributed by atoms with E-state index in [0.717, 1.165) is 5.56 Å². The van der Waals surface area contributed by atoms with Crippen LogP contribution in [0.3, 0.4) is 0 Å². The Morgan fingerprint density at radius 2 is 1.96 bits per heavy atom. The summed E-state index contributed by atoms with van der Waals surface area (Å²) in [6.45, 7) is 10.3. The summed E-state index contributed by atoms with van der Waals surface area (Å²) >= 11 is 0. The molecule has 6 nitrogen and oxygen atoms in total. The first-order valence-electron chi connectivity index (χ1n) is 8.36. The molecule has 1 heterocycles. The average molecular weight is 346 g/mol. The fourth-order valence-corrected chi connectivity index (χ4v) is 2.61. The molecule has 0 bridgehead atoms. The molecule has 136 valence electrons. The molecule has 1 fully saturated rings. The van der Waals surface area contributed by atoms with Crippen molar-refractivity contribution in [3.8, 4) is 0 Å². The fraction of sp³-hybridized carbons (Fsp3) is 0.474. The number of ether oxygens (including phenoxy) is 2. The van der Waals surface area contributed by atoms with E-state index in [0.29, 0.717) is 13.1 Å². The highest BCUT2D eigenvalue weighted by atomic mass is 16.6. The van der Waals surface area contributed by atoms with Crippen LogP contribution in [0.25, 0.3) is 0 Å². The third-order valence-corrected chi connectivity index (χ3v) is 3.84. The predicted octanol–water partition coefficient (Wildman–Crippen LogP) is 3.33. The molecule has 0 aliphatic carbocycles. The Balaban J connectivity index is 1.86. The van der Waals surface area contributed by atoms with Crippen LogP contribution in [-0.2, 0) is 16.1 Å². The smallest absolute Gasteiger partial charge is 0.410 e. The summed E-state index contributed by atoms with van der Waals surface area (Å²) in [5, 5.41) is 2.82. The van der Waals surface area contributed by atoms with Gasteiger partial charge in [0.05, 0.1) is 6.04 Å². The van der Waals surface area contributed by atoms with Gasteiger partial charge in [0.25, 0.3) is 0 Å². The minimum Gasteiger partial charge on any atom is -0.445 e. The lowest BCUT2D eigenvalue weighted by Crippen LogP contribution is -2.41. The van der Waals surface area contributed by atoms with E-state index in [-0.39, 0.29) is 24.7 Å². The Hall–Kier alpha value is -2.50. The van der Waals surface area contributed by atoms with Gasteiger partial charge in [-0.2, -0.15) is 0 Å². The van der Waals surface area contributed by atoms with Gasteiger partial charge in [-0.15, -0.1) is 6.58 Å². The Labute approximate surface area is 148 Å². The van der Waals surface area contributed by atoms with Crippen LogP contribution in [0.2, 0.25) is 0 Å². The number of carbonyl (C=O) groups is 2. The second-order valence-corrected chi connectivity index (χ2v) is 7.10. The van der Waals surface area contributed by atoms with Gasteiger partial charge in [0.2, 0.25) is 0 Å². The summed E-state index contributed by atoms with van der Waals surface area (Å²) in [6, 6.07) is 9.22. The van der Waals surface area contributed by atoms with Crippen LogP contribution in [0.4, 0.5) is 9.59 Å². The van der Waals surface area contributed by atoms with Gasteiger partial charge in [-0.05, 0) is 26.3 Å². The number of nitrogens with one attached hydrogen (secondary N) is 1. The number of likely N-dealkylation sites (tertiary alicyclic amines) is 1. The van der Waals surface area contributed by atoms with Gasteiger partial charge in [-0.3, -0.25) is 0 Å². The van der Waals surface area contributed by atoms with Crippen molar-refractivity contribution in [2.45, 2.75) is 39.0 Å². The first kappa shape index (κ1) is 18.8. The second-order valence-electron chi connectivity index (χ2n) is 7.10. The van der Waals surface area contributed by atoms with E-state index in [1.54, 1.807) is 11.0 Å². The number of benzene rings is 1. The lowest BCUT2D eigenvalue weighted by atomic mass is 10.0. The topological polar surface area (TPSA) is 67.9 Å². The summed E-state index contributed by atoms with van der Waals surface area (Å²) < 4.78 is 10.6. The van der Waals surface area contributed by atoms with Crippen LogP contribution < -0.4 is 5.32 Å². The maximum atomic E-state index is 12.2. The van der Waals surface area contributed by atoms with E-state index in [9.17, 15) is 9.59 Å². The number of hydrogen-bond donors (Lipinski definition) is 1. The SMILES string of the molecule is C=C[C@H]1CN(C(=O)OC(C)(C)C)C[C@H]1NC(=O)OCc1ccccc1. The normalized spacial score (nSPS) is 20.0. The molecule has 1 aromatic carbocycles. The molecule has 0 unspecified atom stereocenters. The molecule has 0 radical (unpaired) electrons. The highest BCUT2D eigenvalue weighted by Gasteiger charge is 2.36. The zero-order chi connectivity index (χ0) is 18.4. The Morgan fingerprint density at radius 3 is 2.56 bits per heavy atom. The third kappa shape index (κ3) is 5.81. The van der Waals surface area contributed by atoms with Gasteiger partial charge < -0.3 is 19.7 Å². The molecule has 1 saturated heterocycles. The Morgan fingerprint density at radius 1 is 1.28 bits per heavy atom. The lowest BCUT2D eigenvalue weighted by molar-refractivity contribution is 0.0287. The van der Waals surface area contributed by atoms with E-state index in [4.69, 9.17) is 9.47 Å².